The van der Waals surface area contributed by atoms with Crippen molar-refractivity contribution in [1.82, 2.24) is 10.3 Å². The lowest BCUT2D eigenvalue weighted by atomic mass is 10.1. The highest BCUT2D eigenvalue weighted by atomic mass is 16.2. The molecule has 1 atom stereocenters. The number of amides is 1. The van der Waals surface area contributed by atoms with Crippen molar-refractivity contribution >= 4 is 12.2 Å². The van der Waals surface area contributed by atoms with Crippen molar-refractivity contribution in [3.05, 3.63) is 42.2 Å². The summed E-state index contributed by atoms with van der Waals surface area (Å²) in [5.74, 6) is -0.268. The molecule has 1 amide bonds. The number of pyridine rings is 1. The summed E-state index contributed by atoms with van der Waals surface area (Å²) in [6.07, 6.45) is 9.10. The summed E-state index contributed by atoms with van der Waals surface area (Å²) >= 11 is 0. The lowest BCUT2D eigenvalue weighted by Gasteiger charge is -2.11. The Labute approximate surface area is 101 Å². The topological polar surface area (TPSA) is 59.1 Å². The minimum atomic E-state index is -0.445. The molecule has 1 rings (SSSR count). The van der Waals surface area contributed by atoms with Crippen molar-refractivity contribution in [2.24, 2.45) is 0 Å². The summed E-state index contributed by atoms with van der Waals surface area (Å²) in [6.45, 7) is 1.92. The van der Waals surface area contributed by atoms with Crippen molar-refractivity contribution in [2.75, 3.05) is 0 Å². The average Bonchev–Trinajstić information content (AvgIpc) is 2.38. The molecule has 0 spiro atoms. The first-order valence-electron chi connectivity index (χ1n) is 5.55. The fraction of sp³-hybridized carbons (Fsp3) is 0.308. The number of carbonyl (C=O) groups is 2. The van der Waals surface area contributed by atoms with Crippen molar-refractivity contribution < 1.29 is 9.59 Å². The molecule has 1 aromatic rings. The van der Waals surface area contributed by atoms with Gasteiger partial charge in [-0.15, -0.1) is 0 Å². The molecule has 0 saturated heterocycles. The van der Waals surface area contributed by atoms with Crippen LogP contribution >= 0.6 is 0 Å². The zero-order valence-corrected chi connectivity index (χ0v) is 9.80. The molecule has 1 aromatic heterocycles. The number of aromatic nitrogens is 1. The Hall–Kier alpha value is -1.97. The van der Waals surface area contributed by atoms with E-state index in [9.17, 15) is 9.59 Å². The predicted octanol–water partition coefficient (Wildman–Crippen LogP) is 1.74. The number of nitrogens with one attached hydrogen (secondary N) is 1. The Morgan fingerprint density at radius 3 is 3.00 bits per heavy atom. The van der Waals surface area contributed by atoms with Crippen molar-refractivity contribution in [2.45, 2.75) is 25.8 Å². The zero-order chi connectivity index (χ0) is 12.5. The molecule has 0 aliphatic carbocycles. The second-order valence-electron chi connectivity index (χ2n) is 3.60. The first-order chi connectivity index (χ1) is 8.27. The van der Waals surface area contributed by atoms with E-state index in [0.717, 1.165) is 12.7 Å². The van der Waals surface area contributed by atoms with Gasteiger partial charge in [-0.3, -0.25) is 9.78 Å². The smallest absolute Gasteiger partial charge is 0.253 e. The summed E-state index contributed by atoms with van der Waals surface area (Å²) in [5.41, 5.74) is 0.463. The molecule has 4 heteroatoms. The molecular formula is C13H16N2O2. The van der Waals surface area contributed by atoms with E-state index in [1.807, 2.05) is 19.1 Å². The Morgan fingerprint density at radius 1 is 1.59 bits per heavy atom. The van der Waals surface area contributed by atoms with Gasteiger partial charge in [0, 0.05) is 12.4 Å². The van der Waals surface area contributed by atoms with Crippen LogP contribution in [-0.2, 0) is 4.79 Å². The molecule has 0 fully saturated rings. The minimum absolute atomic E-state index is 0.268. The van der Waals surface area contributed by atoms with E-state index in [1.54, 1.807) is 18.3 Å². The normalized spacial score (nSPS) is 12.3. The number of nitrogens with zero attached hydrogens (tertiary/aromatic N) is 1. The third kappa shape index (κ3) is 4.59. The second-order valence-corrected chi connectivity index (χ2v) is 3.60. The van der Waals surface area contributed by atoms with Crippen LogP contribution in [0.4, 0.5) is 0 Å². The van der Waals surface area contributed by atoms with Gasteiger partial charge in [0.15, 0.2) is 0 Å². The molecule has 90 valence electrons. The summed E-state index contributed by atoms with van der Waals surface area (Å²) < 4.78 is 0. The zero-order valence-electron chi connectivity index (χ0n) is 9.80. The number of allylic oxidation sites excluding steroid dienone is 2. The van der Waals surface area contributed by atoms with Crippen molar-refractivity contribution in [3.8, 4) is 0 Å². The molecule has 0 aliphatic heterocycles. The Balaban J connectivity index is 2.51. The highest BCUT2D eigenvalue weighted by Gasteiger charge is 2.11. The van der Waals surface area contributed by atoms with Crippen molar-refractivity contribution in [3.63, 3.8) is 0 Å². The first-order valence-corrected chi connectivity index (χ1v) is 5.55. The van der Waals surface area contributed by atoms with Gasteiger partial charge in [0.25, 0.3) is 5.91 Å². The van der Waals surface area contributed by atoms with Gasteiger partial charge in [0.2, 0.25) is 0 Å². The van der Waals surface area contributed by atoms with Gasteiger partial charge in [-0.2, -0.15) is 0 Å². The van der Waals surface area contributed by atoms with Crippen LogP contribution in [0.25, 0.3) is 0 Å². The fourth-order valence-corrected chi connectivity index (χ4v) is 1.37. The van der Waals surface area contributed by atoms with E-state index in [4.69, 9.17) is 0 Å². The largest absolute Gasteiger partial charge is 0.342 e. The molecule has 0 aromatic carbocycles. The number of aldehydes is 1. The second kappa shape index (κ2) is 7.33. The third-order valence-corrected chi connectivity index (χ3v) is 2.28. The average molecular weight is 232 g/mol. The highest BCUT2D eigenvalue weighted by Crippen LogP contribution is 2.00. The number of hydrogen-bond acceptors (Lipinski definition) is 3. The molecule has 1 heterocycles. The lowest BCUT2D eigenvalue weighted by molar-refractivity contribution is -0.109. The van der Waals surface area contributed by atoms with Gasteiger partial charge >= 0.3 is 0 Å². The molecule has 0 aliphatic rings. The lowest BCUT2D eigenvalue weighted by Crippen LogP contribution is -2.35. The standard InChI is InChI=1S/C13H16N2O2/c1-2-3-4-7-12(10-16)15-13(17)11-6-5-8-14-9-11/h2-3,5-6,8-10,12H,4,7H2,1H3,(H,15,17). The van der Waals surface area contributed by atoms with Crippen LogP contribution in [-0.4, -0.2) is 23.2 Å². The van der Waals surface area contributed by atoms with Crippen LogP contribution in [0.3, 0.4) is 0 Å². The molecule has 0 radical (unpaired) electrons. The highest BCUT2D eigenvalue weighted by molar-refractivity contribution is 5.95. The van der Waals surface area contributed by atoms with E-state index in [2.05, 4.69) is 10.3 Å². The monoisotopic (exact) mass is 232 g/mol. The fourth-order valence-electron chi connectivity index (χ4n) is 1.37. The summed E-state index contributed by atoms with van der Waals surface area (Å²) in [4.78, 5) is 26.4. The van der Waals surface area contributed by atoms with Crippen molar-refractivity contribution in [1.29, 1.82) is 0 Å². The molecule has 1 N–H and O–H groups in total. The maximum atomic E-state index is 11.7. The number of rotatable bonds is 6. The first kappa shape index (κ1) is 13.1. The van der Waals surface area contributed by atoms with E-state index in [1.165, 1.54) is 6.20 Å². The summed E-state index contributed by atoms with van der Waals surface area (Å²) in [7, 11) is 0. The van der Waals surface area contributed by atoms with E-state index in [0.29, 0.717) is 12.0 Å². The van der Waals surface area contributed by atoms with Crippen LogP contribution in [0.2, 0.25) is 0 Å². The number of carbonyl (C=O) groups excluding carboxylic acids is 2. The summed E-state index contributed by atoms with van der Waals surface area (Å²) in [5, 5.41) is 2.66. The SMILES string of the molecule is CC=CCCC(C=O)NC(=O)c1cccnc1. The molecule has 4 nitrogen and oxygen atoms in total. The molecule has 1 unspecified atom stereocenters. The Bertz CT molecular complexity index is 388. The quantitative estimate of drug-likeness (QED) is 0.600. The van der Waals surface area contributed by atoms with Crippen LogP contribution in [0.5, 0.6) is 0 Å². The Kier molecular flexibility index (Phi) is 5.64. The van der Waals surface area contributed by atoms with E-state index in [-0.39, 0.29) is 5.91 Å². The third-order valence-electron chi connectivity index (χ3n) is 2.28. The molecule has 0 saturated carbocycles. The number of hydrogen-bond donors (Lipinski definition) is 1. The van der Waals surface area contributed by atoms with Gasteiger partial charge in [0.05, 0.1) is 11.6 Å². The van der Waals surface area contributed by atoms with Gasteiger partial charge < -0.3 is 10.1 Å². The van der Waals surface area contributed by atoms with Crippen LogP contribution in [0, 0.1) is 0 Å². The Morgan fingerprint density at radius 2 is 2.41 bits per heavy atom. The molecule has 17 heavy (non-hydrogen) atoms. The van der Waals surface area contributed by atoms with Gasteiger partial charge in [-0.05, 0) is 31.9 Å². The molecule has 0 bridgehead atoms. The van der Waals surface area contributed by atoms with Gasteiger partial charge in [-0.25, -0.2) is 0 Å². The van der Waals surface area contributed by atoms with Crippen LogP contribution in [0.15, 0.2) is 36.7 Å². The van der Waals surface area contributed by atoms with Crippen LogP contribution in [0.1, 0.15) is 30.1 Å². The molecular weight excluding hydrogens is 216 g/mol. The minimum Gasteiger partial charge on any atom is -0.342 e. The van der Waals surface area contributed by atoms with Crippen LogP contribution < -0.4 is 5.32 Å². The van der Waals surface area contributed by atoms with Gasteiger partial charge in [-0.1, -0.05) is 12.2 Å². The van der Waals surface area contributed by atoms with E-state index >= 15 is 0 Å². The maximum absolute atomic E-state index is 11.7. The van der Waals surface area contributed by atoms with Gasteiger partial charge in [0.1, 0.15) is 6.29 Å². The summed E-state index contributed by atoms with van der Waals surface area (Å²) in [6, 6.07) is 2.90. The predicted molar refractivity (Wildman–Crippen MR) is 65.6 cm³/mol. The maximum Gasteiger partial charge on any atom is 0.253 e. The van der Waals surface area contributed by atoms with E-state index < -0.39 is 6.04 Å².